The fourth-order valence-electron chi connectivity index (χ4n) is 4.02. The number of nitrogens with zero attached hydrogens (tertiary/aromatic N) is 3. The van der Waals surface area contributed by atoms with Gasteiger partial charge in [0.25, 0.3) is 0 Å². The molecular formula is C19H23N5O3. The predicted octanol–water partition coefficient (Wildman–Crippen LogP) is 1.27. The number of imide groups is 1. The molecule has 0 saturated carbocycles. The molecule has 2 aromatic rings. The van der Waals surface area contributed by atoms with Crippen LogP contribution in [0.15, 0.2) is 24.3 Å². The minimum absolute atomic E-state index is 0.108. The summed E-state index contributed by atoms with van der Waals surface area (Å²) in [5, 5.41) is 4.80. The maximum atomic E-state index is 12.8. The van der Waals surface area contributed by atoms with E-state index in [-0.39, 0.29) is 18.2 Å². The van der Waals surface area contributed by atoms with Gasteiger partial charge in [-0.3, -0.25) is 14.9 Å². The van der Waals surface area contributed by atoms with E-state index < -0.39 is 12.1 Å². The number of carbonyl (C=O) groups excluding carboxylic acids is 3. The largest absolute Gasteiger partial charge is 0.341 e. The van der Waals surface area contributed by atoms with E-state index >= 15 is 0 Å². The van der Waals surface area contributed by atoms with Gasteiger partial charge in [-0.05, 0) is 31.4 Å². The Bertz CT molecular complexity index is 898. The fraction of sp³-hybridized carbons (Fsp3) is 0.474. The van der Waals surface area contributed by atoms with Crippen LogP contribution in [0, 0.1) is 0 Å². The summed E-state index contributed by atoms with van der Waals surface area (Å²) in [7, 11) is 2.03. The number of para-hydroxylation sites is 2. The Balaban J connectivity index is 1.42. The predicted molar refractivity (Wildman–Crippen MR) is 99.0 cm³/mol. The van der Waals surface area contributed by atoms with Crippen LogP contribution in [-0.4, -0.2) is 51.4 Å². The number of imidazole rings is 1. The summed E-state index contributed by atoms with van der Waals surface area (Å²) in [5.41, 5.74) is 2.11. The van der Waals surface area contributed by atoms with Gasteiger partial charge < -0.3 is 14.8 Å². The molecule has 1 aromatic heterocycles. The zero-order valence-electron chi connectivity index (χ0n) is 15.3. The van der Waals surface area contributed by atoms with Crippen molar-refractivity contribution < 1.29 is 14.4 Å². The number of likely N-dealkylation sites (tertiary alicyclic amines) is 1. The number of nitrogens with one attached hydrogen (secondary N) is 2. The van der Waals surface area contributed by atoms with Crippen molar-refractivity contribution in [1.82, 2.24) is 25.1 Å². The third-order valence-corrected chi connectivity index (χ3v) is 5.51. The second-order valence-corrected chi connectivity index (χ2v) is 7.23. The molecule has 0 unspecified atom stereocenters. The minimum Gasteiger partial charge on any atom is -0.341 e. The van der Waals surface area contributed by atoms with Crippen LogP contribution in [0.1, 0.15) is 37.4 Å². The molecule has 0 radical (unpaired) electrons. The average molecular weight is 369 g/mol. The number of fused-ring (bicyclic) bond motifs is 1. The van der Waals surface area contributed by atoms with Crippen LogP contribution in [0.2, 0.25) is 0 Å². The molecule has 0 spiro atoms. The highest BCUT2D eigenvalue weighted by Gasteiger charge is 2.33. The molecule has 2 aliphatic rings. The van der Waals surface area contributed by atoms with E-state index in [4.69, 9.17) is 4.98 Å². The number of benzene rings is 1. The molecule has 142 valence electrons. The van der Waals surface area contributed by atoms with Crippen LogP contribution < -0.4 is 10.6 Å². The van der Waals surface area contributed by atoms with Gasteiger partial charge in [0.2, 0.25) is 11.8 Å². The Hall–Kier alpha value is -2.90. The van der Waals surface area contributed by atoms with E-state index in [1.54, 1.807) is 4.90 Å². The normalized spacial score (nSPS) is 21.7. The standard InChI is InChI=1S/C19H23N5O3/c1-23-15-5-3-2-4-13(15)20-17(23)12-8-10-24(11-9-12)18(26)14-6-7-16(25)22-19(27)21-14/h2-5,12,14H,6-11H2,1H3,(H2,21,22,25,27)/t14-/m0/s1. The summed E-state index contributed by atoms with van der Waals surface area (Å²) in [6, 6.07) is 6.85. The van der Waals surface area contributed by atoms with Crippen molar-refractivity contribution in [2.45, 2.75) is 37.6 Å². The average Bonchev–Trinajstić information content (AvgIpc) is 2.91. The second-order valence-electron chi connectivity index (χ2n) is 7.23. The van der Waals surface area contributed by atoms with Gasteiger partial charge in [-0.25, -0.2) is 9.78 Å². The minimum atomic E-state index is -0.635. The van der Waals surface area contributed by atoms with Crippen molar-refractivity contribution in [3.8, 4) is 0 Å². The third kappa shape index (κ3) is 3.39. The zero-order valence-corrected chi connectivity index (χ0v) is 15.3. The summed E-state index contributed by atoms with van der Waals surface area (Å²) in [6.45, 7) is 1.25. The summed E-state index contributed by atoms with van der Waals surface area (Å²) in [4.78, 5) is 42.4. The Labute approximate surface area is 156 Å². The maximum Gasteiger partial charge on any atom is 0.322 e. The lowest BCUT2D eigenvalue weighted by Gasteiger charge is -2.33. The molecule has 4 rings (SSSR count). The van der Waals surface area contributed by atoms with Crippen molar-refractivity contribution in [3.63, 3.8) is 0 Å². The van der Waals surface area contributed by atoms with E-state index in [1.807, 2.05) is 25.2 Å². The van der Waals surface area contributed by atoms with E-state index in [9.17, 15) is 14.4 Å². The van der Waals surface area contributed by atoms with Crippen molar-refractivity contribution in [3.05, 3.63) is 30.1 Å². The van der Waals surface area contributed by atoms with Crippen molar-refractivity contribution >= 4 is 28.9 Å². The number of aryl methyl sites for hydroxylation is 1. The van der Waals surface area contributed by atoms with Gasteiger partial charge in [-0.2, -0.15) is 0 Å². The monoisotopic (exact) mass is 369 g/mol. The number of aromatic nitrogens is 2. The summed E-state index contributed by atoms with van der Waals surface area (Å²) in [5.74, 6) is 0.908. The highest BCUT2D eigenvalue weighted by atomic mass is 16.2. The van der Waals surface area contributed by atoms with Crippen LogP contribution in [0.25, 0.3) is 11.0 Å². The van der Waals surface area contributed by atoms with Crippen LogP contribution in [0.4, 0.5) is 4.79 Å². The number of carbonyl (C=O) groups is 3. The topological polar surface area (TPSA) is 96.3 Å². The molecule has 2 N–H and O–H groups in total. The number of rotatable bonds is 2. The first-order valence-electron chi connectivity index (χ1n) is 9.33. The van der Waals surface area contributed by atoms with E-state index in [0.29, 0.717) is 25.4 Å². The van der Waals surface area contributed by atoms with E-state index in [1.165, 1.54) is 0 Å². The van der Waals surface area contributed by atoms with Crippen LogP contribution in [-0.2, 0) is 16.6 Å². The molecule has 1 atom stereocenters. The van der Waals surface area contributed by atoms with Crippen molar-refractivity contribution in [2.24, 2.45) is 7.05 Å². The first kappa shape index (κ1) is 17.5. The smallest absolute Gasteiger partial charge is 0.322 e. The summed E-state index contributed by atoms with van der Waals surface area (Å²) >= 11 is 0. The Morgan fingerprint density at radius 3 is 2.63 bits per heavy atom. The van der Waals surface area contributed by atoms with Gasteiger partial charge in [0, 0.05) is 32.5 Å². The van der Waals surface area contributed by atoms with Gasteiger partial charge in [0.15, 0.2) is 0 Å². The number of hydrogen-bond acceptors (Lipinski definition) is 4. The highest BCUT2D eigenvalue weighted by molar-refractivity contribution is 5.98. The van der Waals surface area contributed by atoms with Crippen molar-refractivity contribution in [1.29, 1.82) is 0 Å². The van der Waals surface area contributed by atoms with E-state index in [0.717, 1.165) is 29.7 Å². The lowest BCUT2D eigenvalue weighted by Crippen LogP contribution is -2.51. The fourth-order valence-corrected chi connectivity index (χ4v) is 4.02. The number of hydrogen-bond donors (Lipinski definition) is 2. The molecule has 0 aliphatic carbocycles. The summed E-state index contributed by atoms with van der Waals surface area (Å²) in [6.07, 6.45) is 2.17. The zero-order chi connectivity index (χ0) is 19.0. The molecule has 2 saturated heterocycles. The number of urea groups is 1. The van der Waals surface area contributed by atoms with Gasteiger partial charge in [-0.1, -0.05) is 12.1 Å². The molecule has 8 heteroatoms. The Morgan fingerprint density at radius 1 is 1.15 bits per heavy atom. The first-order chi connectivity index (χ1) is 13.0. The molecule has 2 aliphatic heterocycles. The Morgan fingerprint density at radius 2 is 1.89 bits per heavy atom. The molecule has 0 bridgehead atoms. The SMILES string of the molecule is Cn1c(C2CCN(C(=O)[C@@H]3CCC(=O)NC(=O)N3)CC2)nc2ccccc21. The molecule has 3 heterocycles. The maximum absolute atomic E-state index is 12.8. The number of amides is 4. The summed E-state index contributed by atoms with van der Waals surface area (Å²) < 4.78 is 2.14. The third-order valence-electron chi connectivity index (χ3n) is 5.51. The van der Waals surface area contributed by atoms with Gasteiger partial charge in [-0.15, -0.1) is 0 Å². The Kier molecular flexibility index (Phi) is 4.55. The van der Waals surface area contributed by atoms with Gasteiger partial charge >= 0.3 is 6.03 Å². The highest BCUT2D eigenvalue weighted by Crippen LogP contribution is 2.30. The van der Waals surface area contributed by atoms with Gasteiger partial charge in [0.05, 0.1) is 11.0 Å². The molecular weight excluding hydrogens is 346 g/mol. The first-order valence-corrected chi connectivity index (χ1v) is 9.33. The second kappa shape index (κ2) is 7.02. The molecule has 8 nitrogen and oxygen atoms in total. The lowest BCUT2D eigenvalue weighted by molar-refractivity contribution is -0.134. The lowest BCUT2D eigenvalue weighted by atomic mass is 9.95. The molecule has 27 heavy (non-hydrogen) atoms. The van der Waals surface area contributed by atoms with Crippen LogP contribution >= 0.6 is 0 Å². The van der Waals surface area contributed by atoms with Gasteiger partial charge in [0.1, 0.15) is 11.9 Å². The number of piperidine rings is 1. The molecule has 1 aromatic carbocycles. The van der Waals surface area contributed by atoms with Crippen LogP contribution in [0.3, 0.4) is 0 Å². The molecule has 2 fully saturated rings. The van der Waals surface area contributed by atoms with Crippen LogP contribution in [0.5, 0.6) is 0 Å². The van der Waals surface area contributed by atoms with Crippen molar-refractivity contribution in [2.75, 3.05) is 13.1 Å². The quantitative estimate of drug-likeness (QED) is 0.833. The van der Waals surface area contributed by atoms with E-state index in [2.05, 4.69) is 21.3 Å². The molecule has 4 amide bonds.